The monoisotopic (exact) mass is 292 g/mol. The lowest BCUT2D eigenvalue weighted by molar-refractivity contribution is 0.154. The summed E-state index contributed by atoms with van der Waals surface area (Å²) in [4.78, 5) is 12.4. The molecule has 5 nitrogen and oxygen atoms in total. The highest BCUT2D eigenvalue weighted by Gasteiger charge is 2.22. The third-order valence-electron chi connectivity index (χ3n) is 3.53. The molecule has 1 saturated heterocycles. The Morgan fingerprint density at radius 2 is 2.40 bits per heavy atom. The smallest absolute Gasteiger partial charge is 0.226 e. The molecule has 0 spiro atoms. The topological polar surface area (TPSA) is 61.3 Å². The van der Waals surface area contributed by atoms with E-state index in [0.29, 0.717) is 12.5 Å². The Kier molecular flexibility index (Phi) is 4.03. The minimum atomic E-state index is -0.251. The second-order valence-electron chi connectivity index (χ2n) is 5.18. The normalized spacial score (nSPS) is 19.5. The SMILES string of the molecule is CCCNc1nc(N2CCCC(O)C2)c2ccsc2n1. The van der Waals surface area contributed by atoms with E-state index in [2.05, 4.69) is 33.2 Å². The molecule has 6 heteroatoms. The molecule has 108 valence electrons. The Morgan fingerprint density at radius 3 is 3.20 bits per heavy atom. The summed E-state index contributed by atoms with van der Waals surface area (Å²) < 4.78 is 0. The Morgan fingerprint density at radius 1 is 1.50 bits per heavy atom. The van der Waals surface area contributed by atoms with E-state index in [1.165, 1.54) is 0 Å². The average Bonchev–Trinajstić information content (AvgIpc) is 2.92. The number of rotatable bonds is 4. The summed E-state index contributed by atoms with van der Waals surface area (Å²) in [6.45, 7) is 4.61. The van der Waals surface area contributed by atoms with Crippen LogP contribution in [0.5, 0.6) is 0 Å². The molecule has 0 aliphatic carbocycles. The maximum Gasteiger partial charge on any atom is 0.226 e. The number of hydrogen-bond donors (Lipinski definition) is 2. The molecule has 0 saturated carbocycles. The predicted octanol–water partition coefficient (Wildman–Crippen LogP) is 2.47. The van der Waals surface area contributed by atoms with Gasteiger partial charge in [-0.25, -0.2) is 4.98 Å². The molecule has 1 fully saturated rings. The van der Waals surface area contributed by atoms with E-state index in [1.54, 1.807) is 11.3 Å². The van der Waals surface area contributed by atoms with Gasteiger partial charge in [0.2, 0.25) is 5.95 Å². The summed E-state index contributed by atoms with van der Waals surface area (Å²) in [6.07, 6.45) is 2.69. The molecule has 1 aliphatic rings. The van der Waals surface area contributed by atoms with Crippen molar-refractivity contribution >= 4 is 33.3 Å². The first-order valence-electron chi connectivity index (χ1n) is 7.20. The number of fused-ring (bicyclic) bond motifs is 1. The van der Waals surface area contributed by atoms with E-state index in [9.17, 15) is 5.11 Å². The molecule has 1 atom stereocenters. The predicted molar refractivity (Wildman–Crippen MR) is 83.6 cm³/mol. The summed E-state index contributed by atoms with van der Waals surface area (Å²) in [6, 6.07) is 2.07. The molecule has 3 rings (SSSR count). The van der Waals surface area contributed by atoms with Crippen LogP contribution in [0.4, 0.5) is 11.8 Å². The lowest BCUT2D eigenvalue weighted by atomic mass is 10.1. The third-order valence-corrected chi connectivity index (χ3v) is 4.34. The van der Waals surface area contributed by atoms with Crippen molar-refractivity contribution in [3.05, 3.63) is 11.4 Å². The van der Waals surface area contributed by atoms with Gasteiger partial charge in [0.25, 0.3) is 0 Å². The quantitative estimate of drug-likeness (QED) is 0.906. The minimum Gasteiger partial charge on any atom is -0.391 e. The molecule has 0 aromatic carbocycles. The summed E-state index contributed by atoms with van der Waals surface area (Å²) in [5, 5.41) is 16.3. The molecule has 1 aliphatic heterocycles. The largest absolute Gasteiger partial charge is 0.391 e. The van der Waals surface area contributed by atoms with Gasteiger partial charge in [0, 0.05) is 19.6 Å². The van der Waals surface area contributed by atoms with Gasteiger partial charge < -0.3 is 15.3 Å². The summed E-state index contributed by atoms with van der Waals surface area (Å²) in [7, 11) is 0. The molecular formula is C14H20N4OS. The Balaban J connectivity index is 1.96. The summed E-state index contributed by atoms with van der Waals surface area (Å²) in [5.74, 6) is 1.64. The molecule has 0 bridgehead atoms. The van der Waals surface area contributed by atoms with Crippen LogP contribution in [0.3, 0.4) is 0 Å². The lowest BCUT2D eigenvalue weighted by Gasteiger charge is -2.31. The number of piperidine rings is 1. The number of aliphatic hydroxyl groups excluding tert-OH is 1. The highest BCUT2D eigenvalue weighted by Crippen LogP contribution is 2.30. The van der Waals surface area contributed by atoms with Crippen LogP contribution >= 0.6 is 11.3 Å². The summed E-state index contributed by atoms with van der Waals surface area (Å²) in [5.41, 5.74) is 0. The molecule has 2 N–H and O–H groups in total. The first kappa shape index (κ1) is 13.6. The van der Waals surface area contributed by atoms with Crippen LogP contribution in [0.2, 0.25) is 0 Å². The number of thiophene rings is 1. The Labute approximate surface area is 122 Å². The number of nitrogens with zero attached hydrogens (tertiary/aromatic N) is 3. The van der Waals surface area contributed by atoms with Crippen molar-refractivity contribution < 1.29 is 5.11 Å². The molecule has 2 aromatic rings. The number of anilines is 2. The summed E-state index contributed by atoms with van der Waals surface area (Å²) >= 11 is 1.63. The fraction of sp³-hybridized carbons (Fsp3) is 0.571. The molecule has 0 amide bonds. The van der Waals surface area contributed by atoms with Crippen molar-refractivity contribution in [2.45, 2.75) is 32.3 Å². The number of nitrogens with one attached hydrogen (secondary N) is 1. The molecular weight excluding hydrogens is 272 g/mol. The molecule has 0 radical (unpaired) electrons. The van der Waals surface area contributed by atoms with Gasteiger partial charge in [0.15, 0.2) is 0 Å². The molecule has 1 unspecified atom stereocenters. The van der Waals surface area contributed by atoms with E-state index >= 15 is 0 Å². The van der Waals surface area contributed by atoms with Gasteiger partial charge in [-0.15, -0.1) is 11.3 Å². The van der Waals surface area contributed by atoms with Gasteiger partial charge in [0.1, 0.15) is 10.6 Å². The number of aliphatic hydroxyl groups is 1. The zero-order valence-corrected chi connectivity index (χ0v) is 12.5. The van der Waals surface area contributed by atoms with Crippen LogP contribution in [0.1, 0.15) is 26.2 Å². The zero-order valence-electron chi connectivity index (χ0n) is 11.7. The van der Waals surface area contributed by atoms with Crippen LogP contribution in [-0.2, 0) is 0 Å². The van der Waals surface area contributed by atoms with Crippen LogP contribution < -0.4 is 10.2 Å². The third kappa shape index (κ3) is 2.71. The van der Waals surface area contributed by atoms with Gasteiger partial charge in [-0.3, -0.25) is 0 Å². The Hall–Kier alpha value is -1.40. The number of β-amino-alcohol motifs (C(OH)–C–C–N with tert-alkyl or cyclic N) is 1. The fourth-order valence-corrected chi connectivity index (χ4v) is 3.30. The standard InChI is InChI=1S/C14H20N4OS/c1-2-6-15-14-16-12(11-5-8-20-13(11)17-14)18-7-3-4-10(19)9-18/h5,8,10,19H,2-4,6-7,9H2,1H3,(H,15,16,17). The highest BCUT2D eigenvalue weighted by molar-refractivity contribution is 7.16. The van der Waals surface area contributed by atoms with Crippen molar-refractivity contribution in [1.29, 1.82) is 0 Å². The maximum absolute atomic E-state index is 9.88. The van der Waals surface area contributed by atoms with E-state index < -0.39 is 0 Å². The first-order valence-corrected chi connectivity index (χ1v) is 8.08. The Bertz CT molecular complexity index is 586. The molecule has 2 aromatic heterocycles. The van der Waals surface area contributed by atoms with Crippen molar-refractivity contribution in [3.8, 4) is 0 Å². The minimum absolute atomic E-state index is 0.251. The molecule has 3 heterocycles. The van der Waals surface area contributed by atoms with E-state index in [1.807, 2.05) is 5.38 Å². The maximum atomic E-state index is 9.88. The van der Waals surface area contributed by atoms with E-state index in [4.69, 9.17) is 0 Å². The number of aromatic nitrogens is 2. The van der Waals surface area contributed by atoms with Crippen molar-refractivity contribution in [2.24, 2.45) is 0 Å². The van der Waals surface area contributed by atoms with Gasteiger partial charge in [-0.2, -0.15) is 4.98 Å². The van der Waals surface area contributed by atoms with E-state index in [0.717, 1.165) is 48.4 Å². The van der Waals surface area contributed by atoms with E-state index in [-0.39, 0.29) is 6.10 Å². The van der Waals surface area contributed by atoms with Crippen molar-refractivity contribution in [3.63, 3.8) is 0 Å². The van der Waals surface area contributed by atoms with Gasteiger partial charge in [0.05, 0.1) is 11.5 Å². The van der Waals surface area contributed by atoms with Gasteiger partial charge in [-0.05, 0) is 30.7 Å². The first-order chi connectivity index (χ1) is 9.78. The van der Waals surface area contributed by atoms with Gasteiger partial charge >= 0.3 is 0 Å². The van der Waals surface area contributed by atoms with Crippen molar-refractivity contribution in [2.75, 3.05) is 29.9 Å². The van der Waals surface area contributed by atoms with Crippen LogP contribution in [0, 0.1) is 0 Å². The van der Waals surface area contributed by atoms with Crippen LogP contribution in [-0.4, -0.2) is 40.8 Å². The van der Waals surface area contributed by atoms with Crippen molar-refractivity contribution in [1.82, 2.24) is 9.97 Å². The second kappa shape index (κ2) is 5.93. The highest BCUT2D eigenvalue weighted by atomic mass is 32.1. The van der Waals surface area contributed by atoms with Gasteiger partial charge in [-0.1, -0.05) is 6.92 Å². The second-order valence-corrected chi connectivity index (χ2v) is 6.07. The van der Waals surface area contributed by atoms with Crippen LogP contribution in [0.15, 0.2) is 11.4 Å². The molecule has 20 heavy (non-hydrogen) atoms. The van der Waals surface area contributed by atoms with Crippen LogP contribution in [0.25, 0.3) is 10.2 Å². The lowest BCUT2D eigenvalue weighted by Crippen LogP contribution is -2.38. The zero-order chi connectivity index (χ0) is 13.9. The fourth-order valence-electron chi connectivity index (χ4n) is 2.54. The number of hydrogen-bond acceptors (Lipinski definition) is 6. The average molecular weight is 292 g/mol.